The van der Waals surface area contributed by atoms with Gasteiger partial charge in [-0.25, -0.2) is 0 Å². The van der Waals surface area contributed by atoms with Gasteiger partial charge in [-0.2, -0.15) is 0 Å². The highest BCUT2D eigenvalue weighted by molar-refractivity contribution is 6.00. The van der Waals surface area contributed by atoms with Crippen LogP contribution in [0.2, 0.25) is 0 Å². The van der Waals surface area contributed by atoms with Crippen LogP contribution >= 0.6 is 0 Å². The third kappa shape index (κ3) is 3.46. The summed E-state index contributed by atoms with van der Waals surface area (Å²) in [6.07, 6.45) is 6.71. The molecule has 0 radical (unpaired) electrons. The number of furan rings is 1. The Morgan fingerprint density at radius 3 is 2.57 bits per heavy atom. The first-order chi connectivity index (χ1) is 14.3. The standard InChI is InChI=1S/C24H33N3O3/c1-5-17(3)27-22(28)20-13-12-19(21-7-6-14-30-21)26(20)15-24(27,4)23(29)25-18-10-8-16(2)9-11-18/h6-7,12-14,16-18H,5,8-11,15H2,1-4H3,(H,25,29). The first-order valence-electron chi connectivity index (χ1n) is 11.2. The molecule has 6 nitrogen and oxygen atoms in total. The van der Waals surface area contributed by atoms with Crippen LogP contribution in [0.1, 0.15) is 70.3 Å². The van der Waals surface area contributed by atoms with E-state index < -0.39 is 5.54 Å². The van der Waals surface area contributed by atoms with Crippen LogP contribution in [-0.2, 0) is 11.3 Å². The van der Waals surface area contributed by atoms with E-state index in [4.69, 9.17) is 4.42 Å². The molecule has 0 aromatic carbocycles. The summed E-state index contributed by atoms with van der Waals surface area (Å²) in [5, 5.41) is 3.29. The maximum atomic E-state index is 13.6. The van der Waals surface area contributed by atoms with E-state index in [1.807, 2.05) is 42.7 Å². The van der Waals surface area contributed by atoms with E-state index in [1.165, 1.54) is 0 Å². The Hall–Kier alpha value is -2.50. The molecule has 162 valence electrons. The van der Waals surface area contributed by atoms with E-state index in [1.54, 1.807) is 11.2 Å². The van der Waals surface area contributed by atoms with Crippen molar-refractivity contribution in [2.75, 3.05) is 0 Å². The number of rotatable bonds is 5. The minimum Gasteiger partial charge on any atom is -0.463 e. The van der Waals surface area contributed by atoms with E-state index in [2.05, 4.69) is 19.2 Å². The van der Waals surface area contributed by atoms with Gasteiger partial charge in [0.2, 0.25) is 5.91 Å². The third-order valence-electron chi connectivity index (χ3n) is 7.06. The number of carbonyl (C=O) groups is 2. The Morgan fingerprint density at radius 1 is 1.23 bits per heavy atom. The van der Waals surface area contributed by atoms with E-state index >= 15 is 0 Å². The van der Waals surface area contributed by atoms with E-state index in [0.29, 0.717) is 18.0 Å². The summed E-state index contributed by atoms with van der Waals surface area (Å²) in [5.41, 5.74) is 0.485. The van der Waals surface area contributed by atoms with Crippen molar-refractivity contribution in [1.82, 2.24) is 14.8 Å². The average molecular weight is 412 g/mol. The van der Waals surface area contributed by atoms with Gasteiger partial charge in [-0.1, -0.05) is 13.8 Å². The highest BCUT2D eigenvalue weighted by atomic mass is 16.3. The molecule has 2 amide bonds. The summed E-state index contributed by atoms with van der Waals surface area (Å²) in [5.74, 6) is 1.28. The molecule has 2 aliphatic rings. The molecule has 0 bridgehead atoms. The molecule has 1 aliphatic carbocycles. The number of hydrogen-bond acceptors (Lipinski definition) is 3. The Balaban J connectivity index is 1.68. The molecule has 0 saturated heterocycles. The lowest BCUT2D eigenvalue weighted by atomic mass is 9.86. The molecule has 1 saturated carbocycles. The van der Waals surface area contributed by atoms with Crippen LogP contribution in [-0.4, -0.2) is 38.9 Å². The highest BCUT2D eigenvalue weighted by Gasteiger charge is 2.49. The van der Waals surface area contributed by atoms with Crippen molar-refractivity contribution in [3.05, 3.63) is 36.2 Å². The van der Waals surface area contributed by atoms with Crippen LogP contribution in [0.3, 0.4) is 0 Å². The summed E-state index contributed by atoms with van der Waals surface area (Å²) in [4.78, 5) is 29.0. The van der Waals surface area contributed by atoms with Crippen LogP contribution in [0.15, 0.2) is 34.9 Å². The smallest absolute Gasteiger partial charge is 0.271 e. The highest BCUT2D eigenvalue weighted by Crippen LogP contribution is 2.35. The molecule has 30 heavy (non-hydrogen) atoms. The van der Waals surface area contributed by atoms with Gasteiger partial charge < -0.3 is 19.2 Å². The quantitative estimate of drug-likeness (QED) is 0.790. The van der Waals surface area contributed by atoms with Gasteiger partial charge >= 0.3 is 0 Å². The van der Waals surface area contributed by atoms with E-state index in [-0.39, 0.29) is 23.9 Å². The predicted molar refractivity (Wildman–Crippen MR) is 116 cm³/mol. The maximum Gasteiger partial charge on any atom is 0.271 e. The van der Waals surface area contributed by atoms with Crippen molar-refractivity contribution >= 4 is 11.8 Å². The van der Waals surface area contributed by atoms with Crippen molar-refractivity contribution in [3.8, 4) is 11.5 Å². The molecule has 2 aromatic heterocycles. The zero-order valence-electron chi connectivity index (χ0n) is 18.5. The second-order valence-corrected chi connectivity index (χ2v) is 9.30. The number of aromatic nitrogens is 1. The number of amides is 2. The lowest BCUT2D eigenvalue weighted by molar-refractivity contribution is -0.135. The Morgan fingerprint density at radius 2 is 1.93 bits per heavy atom. The number of nitrogens with zero attached hydrogens (tertiary/aromatic N) is 2. The summed E-state index contributed by atoms with van der Waals surface area (Å²) in [6.45, 7) is 8.68. The Bertz CT molecular complexity index is 908. The molecular formula is C24H33N3O3. The number of fused-ring (bicyclic) bond motifs is 1. The number of hydrogen-bond donors (Lipinski definition) is 1. The molecule has 1 N–H and O–H groups in total. The topological polar surface area (TPSA) is 67.5 Å². The largest absolute Gasteiger partial charge is 0.463 e. The first-order valence-corrected chi connectivity index (χ1v) is 11.2. The second-order valence-electron chi connectivity index (χ2n) is 9.30. The predicted octanol–water partition coefficient (Wildman–Crippen LogP) is 4.46. The lowest BCUT2D eigenvalue weighted by Crippen LogP contribution is -2.67. The third-order valence-corrected chi connectivity index (χ3v) is 7.06. The van der Waals surface area contributed by atoms with Gasteiger partial charge in [-0.15, -0.1) is 0 Å². The van der Waals surface area contributed by atoms with Gasteiger partial charge in [-0.3, -0.25) is 9.59 Å². The van der Waals surface area contributed by atoms with E-state index in [0.717, 1.165) is 43.7 Å². The first kappa shape index (κ1) is 20.8. The van der Waals surface area contributed by atoms with Crippen molar-refractivity contribution in [2.45, 2.75) is 84.0 Å². The lowest BCUT2D eigenvalue weighted by Gasteiger charge is -2.47. The Kier molecular flexibility index (Phi) is 5.51. The fourth-order valence-corrected chi connectivity index (χ4v) is 4.99. The molecule has 1 aliphatic heterocycles. The van der Waals surface area contributed by atoms with Crippen molar-refractivity contribution in [2.24, 2.45) is 5.92 Å². The number of carbonyl (C=O) groups excluding carboxylic acids is 2. The van der Waals surface area contributed by atoms with Crippen LogP contribution in [0.25, 0.3) is 11.5 Å². The zero-order valence-corrected chi connectivity index (χ0v) is 18.5. The molecular weight excluding hydrogens is 378 g/mol. The summed E-state index contributed by atoms with van der Waals surface area (Å²) >= 11 is 0. The van der Waals surface area contributed by atoms with E-state index in [9.17, 15) is 9.59 Å². The molecule has 4 rings (SSSR count). The van der Waals surface area contributed by atoms with Crippen LogP contribution in [0.4, 0.5) is 0 Å². The molecule has 2 unspecified atom stereocenters. The van der Waals surface area contributed by atoms with Gasteiger partial charge in [0.1, 0.15) is 17.0 Å². The Labute approximate surface area is 178 Å². The van der Waals surface area contributed by atoms with Gasteiger partial charge in [0, 0.05) is 12.1 Å². The molecule has 6 heteroatoms. The van der Waals surface area contributed by atoms with Gasteiger partial charge in [-0.05, 0) is 76.1 Å². The number of nitrogens with one attached hydrogen (secondary N) is 1. The normalized spacial score (nSPS) is 27.6. The fourth-order valence-electron chi connectivity index (χ4n) is 4.99. The zero-order chi connectivity index (χ0) is 21.5. The van der Waals surface area contributed by atoms with Crippen molar-refractivity contribution in [3.63, 3.8) is 0 Å². The summed E-state index contributed by atoms with van der Waals surface area (Å²) in [7, 11) is 0. The molecule has 2 atom stereocenters. The molecule has 2 aromatic rings. The minimum absolute atomic E-state index is 0.0321. The monoisotopic (exact) mass is 411 g/mol. The molecule has 0 spiro atoms. The summed E-state index contributed by atoms with van der Waals surface area (Å²) < 4.78 is 7.54. The summed E-state index contributed by atoms with van der Waals surface area (Å²) in [6, 6.07) is 7.63. The van der Waals surface area contributed by atoms with Gasteiger partial charge in [0.05, 0.1) is 18.5 Å². The molecule has 1 fully saturated rings. The SMILES string of the molecule is CCC(C)N1C(=O)c2ccc(-c3ccco3)n2CC1(C)C(=O)NC1CCC(C)CC1. The van der Waals surface area contributed by atoms with Crippen LogP contribution in [0.5, 0.6) is 0 Å². The van der Waals surface area contributed by atoms with Gasteiger partial charge in [0.15, 0.2) is 0 Å². The second kappa shape index (κ2) is 7.97. The minimum atomic E-state index is -0.955. The van der Waals surface area contributed by atoms with Crippen LogP contribution < -0.4 is 5.32 Å². The van der Waals surface area contributed by atoms with Crippen molar-refractivity contribution in [1.29, 1.82) is 0 Å². The average Bonchev–Trinajstić information content (AvgIpc) is 3.39. The fraction of sp³-hybridized carbons (Fsp3) is 0.583. The van der Waals surface area contributed by atoms with Crippen LogP contribution in [0, 0.1) is 5.92 Å². The van der Waals surface area contributed by atoms with Gasteiger partial charge in [0.25, 0.3) is 5.91 Å². The molecule has 3 heterocycles. The maximum absolute atomic E-state index is 13.6. The van der Waals surface area contributed by atoms with Crippen molar-refractivity contribution < 1.29 is 14.0 Å².